The molecule has 0 fully saturated rings. The van der Waals surface area contributed by atoms with Crippen molar-refractivity contribution in [2.75, 3.05) is 0 Å². The monoisotopic (exact) mass is 291 g/mol. The number of halogens is 1. The molecular weight excluding hydrogens is 282 g/mol. The molecule has 0 saturated heterocycles. The minimum atomic E-state index is -0.700. The molecule has 0 saturated carbocycles. The van der Waals surface area contributed by atoms with Gasteiger partial charge in [-0.1, -0.05) is 11.6 Å². The van der Waals surface area contributed by atoms with Gasteiger partial charge in [-0.25, -0.2) is 0 Å². The highest BCUT2D eigenvalue weighted by Gasteiger charge is 2.11. The average molecular weight is 292 g/mol. The van der Waals surface area contributed by atoms with Crippen molar-refractivity contribution < 1.29 is 9.59 Å². The molecule has 7 heteroatoms. The number of pyridine rings is 1. The maximum atomic E-state index is 11.7. The van der Waals surface area contributed by atoms with Crippen LogP contribution in [0, 0.1) is 0 Å². The molecule has 2 aromatic rings. The zero-order valence-electron chi connectivity index (χ0n) is 10.1. The lowest BCUT2D eigenvalue weighted by Gasteiger charge is -2.06. The van der Waals surface area contributed by atoms with Crippen molar-refractivity contribution in [2.45, 2.75) is 0 Å². The summed E-state index contributed by atoms with van der Waals surface area (Å²) in [5.74, 6) is -1.21. The molecule has 0 aliphatic heterocycles. The summed E-state index contributed by atoms with van der Waals surface area (Å²) in [4.78, 5) is 37.1. The Morgan fingerprint density at radius 3 is 2.30 bits per heavy atom. The van der Waals surface area contributed by atoms with Crippen molar-refractivity contribution in [3.63, 3.8) is 0 Å². The van der Waals surface area contributed by atoms with Gasteiger partial charge < -0.3 is 4.98 Å². The summed E-state index contributed by atoms with van der Waals surface area (Å²) in [6.07, 6.45) is 1.41. The Morgan fingerprint density at radius 2 is 1.65 bits per heavy atom. The third kappa shape index (κ3) is 3.24. The molecule has 6 nitrogen and oxygen atoms in total. The number of rotatable bonds is 2. The fourth-order valence-corrected chi connectivity index (χ4v) is 1.58. The van der Waals surface area contributed by atoms with Gasteiger partial charge in [0.1, 0.15) is 5.56 Å². The Labute approximate surface area is 118 Å². The van der Waals surface area contributed by atoms with Crippen molar-refractivity contribution in [1.29, 1.82) is 0 Å². The van der Waals surface area contributed by atoms with Crippen LogP contribution < -0.4 is 16.4 Å². The van der Waals surface area contributed by atoms with Gasteiger partial charge in [0.15, 0.2) is 0 Å². The molecule has 3 N–H and O–H groups in total. The van der Waals surface area contributed by atoms with Crippen molar-refractivity contribution in [3.05, 3.63) is 69.1 Å². The van der Waals surface area contributed by atoms with Crippen molar-refractivity contribution in [3.8, 4) is 0 Å². The first-order valence-corrected chi connectivity index (χ1v) is 5.99. The first-order chi connectivity index (χ1) is 9.58. The van der Waals surface area contributed by atoms with Crippen LogP contribution in [0.5, 0.6) is 0 Å². The number of amides is 2. The summed E-state index contributed by atoms with van der Waals surface area (Å²) < 4.78 is 0. The number of hydrogen-bond acceptors (Lipinski definition) is 3. The van der Waals surface area contributed by atoms with Gasteiger partial charge in [-0.2, -0.15) is 0 Å². The maximum absolute atomic E-state index is 11.7. The Kier molecular flexibility index (Phi) is 4.17. The number of carbonyl (C=O) groups is 2. The van der Waals surface area contributed by atoms with Crippen LogP contribution in [0.2, 0.25) is 5.02 Å². The molecule has 0 atom stereocenters. The van der Waals surface area contributed by atoms with Gasteiger partial charge in [0.25, 0.3) is 17.4 Å². The first kappa shape index (κ1) is 13.8. The van der Waals surface area contributed by atoms with E-state index in [0.29, 0.717) is 10.6 Å². The second kappa shape index (κ2) is 6.03. The van der Waals surface area contributed by atoms with Gasteiger partial charge in [-0.15, -0.1) is 0 Å². The number of hydrazine groups is 1. The lowest BCUT2D eigenvalue weighted by Crippen LogP contribution is -2.43. The minimum Gasteiger partial charge on any atom is -0.328 e. The Hall–Kier alpha value is -2.60. The van der Waals surface area contributed by atoms with E-state index in [-0.39, 0.29) is 5.56 Å². The Morgan fingerprint density at radius 1 is 1.00 bits per heavy atom. The van der Waals surface area contributed by atoms with E-state index in [1.807, 2.05) is 0 Å². The van der Waals surface area contributed by atoms with Crippen molar-refractivity contribution in [2.24, 2.45) is 0 Å². The van der Waals surface area contributed by atoms with Crippen LogP contribution in [0.25, 0.3) is 0 Å². The molecule has 0 radical (unpaired) electrons. The number of aromatic amines is 1. The van der Waals surface area contributed by atoms with Gasteiger partial charge in [-0.05, 0) is 36.4 Å². The lowest BCUT2D eigenvalue weighted by atomic mass is 10.2. The topological polar surface area (TPSA) is 91.1 Å². The lowest BCUT2D eigenvalue weighted by molar-refractivity contribution is 0.0846. The van der Waals surface area contributed by atoms with E-state index in [2.05, 4.69) is 15.8 Å². The summed E-state index contributed by atoms with van der Waals surface area (Å²) in [5, 5.41) is 0.501. The standard InChI is InChI=1S/C13H10ClN3O3/c14-9-5-3-8(4-6-9)11(18)16-17-13(20)10-2-1-7-15-12(10)19/h1-7H,(H,15,19)(H,16,18)(H,17,20). The highest BCUT2D eigenvalue weighted by Crippen LogP contribution is 2.08. The fraction of sp³-hybridized carbons (Fsp3) is 0. The highest BCUT2D eigenvalue weighted by atomic mass is 35.5. The predicted molar refractivity (Wildman–Crippen MR) is 73.4 cm³/mol. The van der Waals surface area contributed by atoms with E-state index >= 15 is 0 Å². The normalized spacial score (nSPS) is 9.85. The van der Waals surface area contributed by atoms with Gasteiger partial charge in [0.05, 0.1) is 0 Å². The molecule has 1 heterocycles. The number of nitrogens with one attached hydrogen (secondary N) is 3. The van der Waals surface area contributed by atoms with Crippen LogP contribution in [0.4, 0.5) is 0 Å². The van der Waals surface area contributed by atoms with Gasteiger partial charge in [-0.3, -0.25) is 25.2 Å². The highest BCUT2D eigenvalue weighted by molar-refractivity contribution is 6.30. The largest absolute Gasteiger partial charge is 0.328 e. The summed E-state index contributed by atoms with van der Waals surface area (Å²) in [6.45, 7) is 0. The van der Waals surface area contributed by atoms with Crippen LogP contribution in [0.15, 0.2) is 47.4 Å². The maximum Gasteiger partial charge on any atom is 0.275 e. The van der Waals surface area contributed by atoms with Gasteiger partial charge >= 0.3 is 0 Å². The first-order valence-electron chi connectivity index (χ1n) is 5.62. The minimum absolute atomic E-state index is 0.0936. The van der Waals surface area contributed by atoms with E-state index in [1.54, 1.807) is 12.1 Å². The average Bonchev–Trinajstić information content (AvgIpc) is 2.45. The van der Waals surface area contributed by atoms with Gasteiger partial charge in [0, 0.05) is 16.8 Å². The van der Waals surface area contributed by atoms with Gasteiger partial charge in [0.2, 0.25) is 0 Å². The number of aromatic nitrogens is 1. The molecule has 20 heavy (non-hydrogen) atoms. The molecule has 0 aliphatic rings. The number of hydrogen-bond donors (Lipinski definition) is 3. The third-order valence-corrected chi connectivity index (χ3v) is 2.71. The zero-order chi connectivity index (χ0) is 14.5. The van der Waals surface area contributed by atoms with E-state index in [9.17, 15) is 14.4 Å². The van der Waals surface area contributed by atoms with Crippen molar-refractivity contribution in [1.82, 2.24) is 15.8 Å². The smallest absolute Gasteiger partial charge is 0.275 e. The SMILES string of the molecule is O=C(NNC(=O)c1ccc[nH]c1=O)c1ccc(Cl)cc1. The molecule has 0 unspecified atom stereocenters. The third-order valence-electron chi connectivity index (χ3n) is 2.46. The number of carbonyl (C=O) groups excluding carboxylic acids is 2. The number of benzene rings is 1. The molecule has 2 rings (SSSR count). The molecule has 1 aromatic carbocycles. The quantitative estimate of drug-likeness (QED) is 0.724. The summed E-state index contributed by atoms with van der Waals surface area (Å²) in [7, 11) is 0. The number of H-pyrrole nitrogens is 1. The second-order valence-corrected chi connectivity index (χ2v) is 4.26. The van der Waals surface area contributed by atoms with Crippen molar-refractivity contribution >= 4 is 23.4 Å². The zero-order valence-corrected chi connectivity index (χ0v) is 10.9. The molecule has 102 valence electrons. The molecule has 0 bridgehead atoms. The summed E-state index contributed by atoms with van der Waals surface area (Å²) >= 11 is 5.70. The Balaban J connectivity index is 2.00. The van der Waals surface area contributed by atoms with Crippen LogP contribution in [-0.4, -0.2) is 16.8 Å². The fourth-order valence-electron chi connectivity index (χ4n) is 1.45. The molecular formula is C13H10ClN3O3. The summed E-state index contributed by atoms with van der Waals surface area (Å²) in [5.41, 5.74) is 4.07. The van der Waals surface area contributed by atoms with Crippen LogP contribution >= 0.6 is 11.6 Å². The predicted octanol–water partition coefficient (Wildman–Crippen LogP) is 1.10. The van der Waals surface area contributed by atoms with E-state index in [0.717, 1.165) is 0 Å². The van der Waals surface area contributed by atoms with Crippen LogP contribution in [0.1, 0.15) is 20.7 Å². The second-order valence-electron chi connectivity index (χ2n) is 3.83. The van der Waals surface area contributed by atoms with Crippen LogP contribution in [0.3, 0.4) is 0 Å². The van der Waals surface area contributed by atoms with Crippen LogP contribution in [-0.2, 0) is 0 Å². The van der Waals surface area contributed by atoms with E-state index < -0.39 is 17.4 Å². The van der Waals surface area contributed by atoms with E-state index in [1.165, 1.54) is 30.5 Å². The van der Waals surface area contributed by atoms with E-state index in [4.69, 9.17) is 11.6 Å². The summed E-state index contributed by atoms with van der Waals surface area (Å²) in [6, 6.07) is 9.00. The molecule has 2 amide bonds. The molecule has 0 aliphatic carbocycles. The molecule has 1 aromatic heterocycles. The molecule has 0 spiro atoms. The Bertz CT molecular complexity index is 695.